The number of aliphatic carboxylic acids is 1. The maximum atomic E-state index is 11.3. The average Bonchev–Trinajstić information content (AvgIpc) is 2.72. The molecule has 0 saturated carbocycles. The Morgan fingerprint density at radius 3 is 2.94 bits per heavy atom. The Hall–Kier alpha value is -1.50. The second-order valence-electron chi connectivity index (χ2n) is 3.00. The van der Waals surface area contributed by atoms with Crippen molar-refractivity contribution in [3.8, 4) is 0 Å². The van der Waals surface area contributed by atoms with Gasteiger partial charge in [-0.15, -0.1) is 0 Å². The molecule has 7 heteroatoms. The van der Waals surface area contributed by atoms with Crippen LogP contribution in [0.15, 0.2) is 17.6 Å². The normalized spacial score (nSPS) is 12.1. The number of carboxylic acids is 1. The number of aromatic nitrogens is 2. The molecule has 16 heavy (non-hydrogen) atoms. The fourth-order valence-electron chi connectivity index (χ4n) is 1.12. The van der Waals surface area contributed by atoms with E-state index in [2.05, 4.69) is 9.72 Å². The molecule has 1 atom stereocenters. The highest BCUT2D eigenvalue weighted by molar-refractivity contribution is 7.99. The van der Waals surface area contributed by atoms with Crippen molar-refractivity contribution in [2.45, 2.75) is 18.1 Å². The molecule has 0 fully saturated rings. The molecule has 6 nitrogen and oxygen atoms in total. The Morgan fingerprint density at radius 2 is 2.38 bits per heavy atom. The first-order valence-electron chi connectivity index (χ1n) is 4.51. The molecule has 1 heterocycles. The van der Waals surface area contributed by atoms with Crippen molar-refractivity contribution in [3.63, 3.8) is 0 Å². The maximum absolute atomic E-state index is 11.3. The number of hydrogen-bond donors (Lipinski definition) is 1. The number of hydrogen-bond acceptors (Lipinski definition) is 5. The van der Waals surface area contributed by atoms with Crippen LogP contribution < -0.4 is 0 Å². The largest absolute Gasteiger partial charge is 0.481 e. The quantitative estimate of drug-likeness (QED) is 0.609. The van der Waals surface area contributed by atoms with Gasteiger partial charge in [0.1, 0.15) is 6.04 Å². The molecule has 0 aliphatic rings. The lowest BCUT2D eigenvalue weighted by molar-refractivity contribution is -0.144. The summed E-state index contributed by atoms with van der Waals surface area (Å²) in [7, 11) is 1.31. The highest BCUT2D eigenvalue weighted by atomic mass is 32.2. The van der Waals surface area contributed by atoms with Crippen LogP contribution in [0.4, 0.5) is 0 Å². The molecule has 0 aliphatic carbocycles. The van der Waals surface area contributed by atoms with Crippen molar-refractivity contribution in [3.05, 3.63) is 12.4 Å². The van der Waals surface area contributed by atoms with Crippen LogP contribution in [0.5, 0.6) is 0 Å². The van der Waals surface area contributed by atoms with Gasteiger partial charge in [0.05, 0.1) is 12.9 Å². The number of carbonyl (C=O) groups excluding carboxylic acids is 1. The van der Waals surface area contributed by atoms with Crippen LogP contribution in [0, 0.1) is 0 Å². The van der Waals surface area contributed by atoms with Gasteiger partial charge in [-0.05, 0) is 6.92 Å². The zero-order valence-electron chi connectivity index (χ0n) is 8.91. The minimum Gasteiger partial charge on any atom is -0.481 e. The molecule has 88 valence electrons. The fraction of sp³-hybridized carbons (Fsp3) is 0.444. The average molecular weight is 244 g/mol. The lowest BCUT2D eigenvalue weighted by Crippen LogP contribution is -2.18. The predicted molar refractivity (Wildman–Crippen MR) is 57.3 cm³/mol. The highest BCUT2D eigenvalue weighted by Crippen LogP contribution is 2.20. The van der Waals surface area contributed by atoms with Gasteiger partial charge < -0.3 is 14.4 Å². The van der Waals surface area contributed by atoms with E-state index in [4.69, 9.17) is 5.11 Å². The summed E-state index contributed by atoms with van der Waals surface area (Å²) in [5.74, 6) is -1.41. The first kappa shape index (κ1) is 12.6. The van der Waals surface area contributed by atoms with Crippen molar-refractivity contribution in [2.24, 2.45) is 0 Å². The smallest absolute Gasteiger partial charge is 0.328 e. The van der Waals surface area contributed by atoms with Gasteiger partial charge in [0.15, 0.2) is 5.16 Å². The van der Waals surface area contributed by atoms with E-state index in [1.807, 2.05) is 0 Å². The molecule has 0 spiro atoms. The molecule has 0 aromatic carbocycles. The second kappa shape index (κ2) is 5.55. The lowest BCUT2D eigenvalue weighted by atomic mass is 10.3. The Morgan fingerprint density at radius 1 is 1.69 bits per heavy atom. The summed E-state index contributed by atoms with van der Waals surface area (Å²) in [6, 6.07) is -0.510. The molecule has 1 aromatic heterocycles. The van der Waals surface area contributed by atoms with Gasteiger partial charge in [-0.1, -0.05) is 11.8 Å². The fourth-order valence-corrected chi connectivity index (χ4v) is 1.87. The highest BCUT2D eigenvalue weighted by Gasteiger charge is 2.18. The zero-order chi connectivity index (χ0) is 12.1. The van der Waals surface area contributed by atoms with Crippen LogP contribution in [0.1, 0.15) is 13.0 Å². The van der Waals surface area contributed by atoms with Gasteiger partial charge in [-0.25, -0.2) is 9.78 Å². The minimum absolute atomic E-state index is 0.0924. The van der Waals surface area contributed by atoms with E-state index in [0.717, 1.165) is 11.8 Å². The maximum Gasteiger partial charge on any atom is 0.328 e. The number of methoxy groups -OCH3 is 1. The number of thioether (sulfide) groups is 1. The summed E-state index contributed by atoms with van der Waals surface area (Å²) >= 11 is 1.06. The summed E-state index contributed by atoms with van der Waals surface area (Å²) < 4.78 is 6.19. The molecule has 0 saturated heterocycles. The Bertz CT molecular complexity index is 391. The van der Waals surface area contributed by atoms with E-state index in [9.17, 15) is 9.59 Å². The van der Waals surface area contributed by atoms with Crippen molar-refractivity contribution in [1.29, 1.82) is 0 Å². The van der Waals surface area contributed by atoms with Crippen molar-refractivity contribution >= 4 is 23.7 Å². The number of esters is 1. The molecular formula is C9H12N2O4S. The van der Waals surface area contributed by atoms with E-state index in [1.165, 1.54) is 13.3 Å². The van der Waals surface area contributed by atoms with Gasteiger partial charge >= 0.3 is 11.9 Å². The SMILES string of the molecule is COC(=O)C(C)n1ccnc1SCC(=O)O. The first-order chi connectivity index (χ1) is 7.56. The predicted octanol–water partition coefficient (Wildman–Crippen LogP) is 0.794. The van der Waals surface area contributed by atoms with Gasteiger partial charge in [0, 0.05) is 12.4 Å². The van der Waals surface area contributed by atoms with Crippen molar-refractivity contribution < 1.29 is 19.4 Å². The van der Waals surface area contributed by atoms with Gasteiger partial charge in [0.2, 0.25) is 0 Å². The Balaban J connectivity index is 2.77. The molecule has 0 amide bonds. The standard InChI is InChI=1S/C9H12N2O4S/c1-6(8(14)15-2)11-4-3-10-9(11)16-5-7(12)13/h3-4,6H,5H2,1-2H3,(H,12,13). The first-order valence-corrected chi connectivity index (χ1v) is 5.50. The third-order valence-electron chi connectivity index (χ3n) is 1.92. The molecule has 0 radical (unpaired) electrons. The van der Waals surface area contributed by atoms with Crippen LogP contribution in [0.25, 0.3) is 0 Å². The molecule has 1 N–H and O–H groups in total. The van der Waals surface area contributed by atoms with Gasteiger partial charge in [-0.2, -0.15) is 0 Å². The number of nitrogens with zero attached hydrogens (tertiary/aromatic N) is 2. The number of carboxylic acid groups (broad SMARTS) is 1. The third-order valence-corrected chi connectivity index (χ3v) is 2.88. The van der Waals surface area contributed by atoms with Gasteiger partial charge in [-0.3, -0.25) is 4.79 Å². The lowest BCUT2D eigenvalue weighted by Gasteiger charge is -2.12. The summed E-state index contributed by atoms with van der Waals surface area (Å²) in [6.07, 6.45) is 3.13. The monoisotopic (exact) mass is 244 g/mol. The minimum atomic E-state index is -0.926. The second-order valence-corrected chi connectivity index (χ2v) is 3.94. The number of rotatable bonds is 5. The summed E-state index contributed by atoms with van der Waals surface area (Å²) in [5, 5.41) is 9.03. The van der Waals surface area contributed by atoms with Crippen LogP contribution in [0.2, 0.25) is 0 Å². The van der Waals surface area contributed by atoms with Crippen LogP contribution >= 0.6 is 11.8 Å². The van der Waals surface area contributed by atoms with Crippen LogP contribution in [-0.2, 0) is 14.3 Å². The van der Waals surface area contributed by atoms with E-state index in [1.54, 1.807) is 17.7 Å². The zero-order valence-corrected chi connectivity index (χ0v) is 9.73. The number of ether oxygens (including phenoxy) is 1. The van der Waals surface area contributed by atoms with E-state index in [0.29, 0.717) is 5.16 Å². The molecular weight excluding hydrogens is 232 g/mol. The molecule has 0 bridgehead atoms. The molecule has 0 aliphatic heterocycles. The summed E-state index contributed by atoms with van der Waals surface area (Å²) in [4.78, 5) is 25.7. The third kappa shape index (κ3) is 2.99. The summed E-state index contributed by atoms with van der Waals surface area (Å²) in [5.41, 5.74) is 0. The van der Waals surface area contributed by atoms with Crippen molar-refractivity contribution in [2.75, 3.05) is 12.9 Å². The number of carbonyl (C=O) groups is 2. The Kier molecular flexibility index (Phi) is 4.36. The number of imidazole rings is 1. The van der Waals surface area contributed by atoms with E-state index in [-0.39, 0.29) is 5.75 Å². The van der Waals surface area contributed by atoms with Crippen LogP contribution in [-0.4, -0.2) is 39.5 Å². The summed E-state index contributed by atoms with van der Waals surface area (Å²) in [6.45, 7) is 1.67. The van der Waals surface area contributed by atoms with Gasteiger partial charge in [0.25, 0.3) is 0 Å². The molecule has 1 rings (SSSR count). The van der Waals surface area contributed by atoms with E-state index < -0.39 is 18.0 Å². The topological polar surface area (TPSA) is 81.4 Å². The van der Waals surface area contributed by atoms with E-state index >= 15 is 0 Å². The van der Waals surface area contributed by atoms with Crippen molar-refractivity contribution in [1.82, 2.24) is 9.55 Å². The Labute approximate surface area is 96.6 Å². The molecule has 1 unspecified atom stereocenters. The van der Waals surface area contributed by atoms with Crippen LogP contribution in [0.3, 0.4) is 0 Å². The molecule has 1 aromatic rings.